The highest BCUT2D eigenvalue weighted by atomic mass is 32.2. The maximum absolute atomic E-state index is 10.5. The minimum absolute atomic E-state index is 0.342. The number of rotatable bonds is 4. The first-order valence-corrected chi connectivity index (χ1v) is 6.25. The number of pyridine rings is 1. The zero-order valence-electron chi connectivity index (χ0n) is 8.32. The Morgan fingerprint density at radius 1 is 1.41 bits per heavy atom. The summed E-state index contributed by atoms with van der Waals surface area (Å²) < 4.78 is 38.2. The molecule has 0 amide bonds. The van der Waals surface area contributed by atoms with Gasteiger partial charge < -0.3 is 13.8 Å². The van der Waals surface area contributed by atoms with Crippen LogP contribution in [0, 0.1) is 0 Å². The Morgan fingerprint density at radius 2 is 2.24 bits per heavy atom. The van der Waals surface area contributed by atoms with Crippen molar-refractivity contribution < 1.29 is 17.9 Å². The lowest BCUT2D eigenvalue weighted by Crippen LogP contribution is -2.01. The fourth-order valence-electron chi connectivity index (χ4n) is 1.36. The standard InChI is InChI=1S/C9H7N2O4PS/c12-16-15-8-4-6-3-7(11-17(13)14)1-2-9(6)10-5-8/h1-5,11H,(H,13,14)/p-1. The highest BCUT2D eigenvalue weighted by molar-refractivity contribution is 7.80. The number of nitrogens with one attached hydrogen (secondary N) is 1. The minimum Gasteiger partial charge on any atom is -0.755 e. The largest absolute Gasteiger partial charge is 0.755 e. The summed E-state index contributed by atoms with van der Waals surface area (Å²) in [7, 11) is -0.465. The number of nitrogens with zero attached hydrogens (tertiary/aromatic N) is 1. The van der Waals surface area contributed by atoms with Crippen molar-refractivity contribution in [2.75, 3.05) is 4.72 Å². The molecule has 1 atom stereocenters. The Kier molecular flexibility index (Phi) is 3.63. The van der Waals surface area contributed by atoms with Crippen LogP contribution in [0.15, 0.2) is 30.5 Å². The molecule has 0 spiro atoms. The van der Waals surface area contributed by atoms with Gasteiger partial charge >= 0.3 is 8.69 Å². The smallest absolute Gasteiger partial charge is 0.395 e. The van der Waals surface area contributed by atoms with E-state index < -0.39 is 20.0 Å². The van der Waals surface area contributed by atoms with Crippen LogP contribution in [-0.4, -0.2) is 13.7 Å². The molecule has 0 aliphatic heterocycles. The molecule has 0 bridgehead atoms. The lowest BCUT2D eigenvalue weighted by molar-refractivity contribution is 0.524. The molecule has 1 heterocycles. The first kappa shape index (κ1) is 11.9. The molecule has 1 aromatic carbocycles. The number of hydrogen-bond donors (Lipinski definition) is 1. The average Bonchev–Trinajstić information content (AvgIpc) is 2.28. The van der Waals surface area contributed by atoms with Crippen molar-refractivity contribution in [2.45, 2.75) is 0 Å². The molecule has 88 valence electrons. The van der Waals surface area contributed by atoms with Gasteiger partial charge in [0.05, 0.1) is 11.7 Å². The van der Waals surface area contributed by atoms with E-state index in [1.807, 2.05) is 0 Å². The zero-order valence-corrected chi connectivity index (χ0v) is 10.0. The molecule has 2 aromatic rings. The third-order valence-electron chi connectivity index (χ3n) is 2.00. The Morgan fingerprint density at radius 3 is 2.94 bits per heavy atom. The molecule has 6 nitrogen and oxygen atoms in total. The van der Waals surface area contributed by atoms with Crippen molar-refractivity contribution in [3.05, 3.63) is 30.5 Å². The van der Waals surface area contributed by atoms with Gasteiger partial charge in [-0.15, -0.1) is 0 Å². The molecular formula is C9H6N2O4PS-. The third kappa shape index (κ3) is 2.97. The summed E-state index contributed by atoms with van der Waals surface area (Å²) in [4.78, 5) is 4.07. The molecule has 0 saturated heterocycles. The Balaban J connectivity index is 2.42. The fourth-order valence-corrected chi connectivity index (χ4v) is 1.87. The summed E-state index contributed by atoms with van der Waals surface area (Å²) in [5.41, 5.74) is 1.10. The van der Waals surface area contributed by atoms with E-state index in [0.29, 0.717) is 22.3 Å². The first-order valence-electron chi connectivity index (χ1n) is 4.44. The Labute approximate surface area is 101 Å². The van der Waals surface area contributed by atoms with Crippen molar-refractivity contribution in [1.29, 1.82) is 0 Å². The quantitative estimate of drug-likeness (QED) is 0.677. The van der Waals surface area contributed by atoms with Crippen LogP contribution in [0.5, 0.6) is 5.75 Å². The summed E-state index contributed by atoms with van der Waals surface area (Å²) in [5, 5.41) is 0.682. The number of fused-ring (bicyclic) bond motifs is 1. The van der Waals surface area contributed by atoms with Gasteiger partial charge in [0.1, 0.15) is 0 Å². The second-order valence-electron chi connectivity index (χ2n) is 3.08. The molecule has 0 fully saturated rings. The monoisotopic (exact) mass is 269 g/mol. The lowest BCUT2D eigenvalue weighted by atomic mass is 10.2. The van der Waals surface area contributed by atoms with Gasteiger partial charge in [0.25, 0.3) is 0 Å². The van der Waals surface area contributed by atoms with E-state index in [4.69, 9.17) is 4.52 Å². The lowest BCUT2D eigenvalue weighted by Gasteiger charge is -2.09. The van der Waals surface area contributed by atoms with E-state index >= 15 is 0 Å². The van der Waals surface area contributed by atoms with Crippen molar-refractivity contribution in [2.24, 2.45) is 0 Å². The van der Waals surface area contributed by atoms with Gasteiger partial charge in [-0.3, -0.25) is 9.19 Å². The van der Waals surface area contributed by atoms with Gasteiger partial charge in [-0.25, -0.2) is 4.57 Å². The highest BCUT2D eigenvalue weighted by Crippen LogP contribution is 2.23. The number of anilines is 1. The Hall–Kier alpha value is -1.56. The molecule has 0 saturated carbocycles. The van der Waals surface area contributed by atoms with Crippen molar-refractivity contribution in [1.82, 2.24) is 4.98 Å². The molecule has 0 aliphatic rings. The van der Waals surface area contributed by atoms with E-state index in [1.165, 1.54) is 6.20 Å². The maximum Gasteiger partial charge on any atom is 0.395 e. The van der Waals surface area contributed by atoms with E-state index in [1.54, 1.807) is 24.3 Å². The zero-order chi connectivity index (χ0) is 12.3. The van der Waals surface area contributed by atoms with Gasteiger partial charge in [-0.2, -0.15) is 0 Å². The van der Waals surface area contributed by atoms with Crippen molar-refractivity contribution in [3.63, 3.8) is 0 Å². The molecule has 1 unspecified atom stereocenters. The van der Waals surface area contributed by atoms with Crippen LogP contribution in [0.3, 0.4) is 0 Å². The molecular weight excluding hydrogens is 263 g/mol. The van der Waals surface area contributed by atoms with Crippen LogP contribution in [0.4, 0.5) is 5.69 Å². The highest BCUT2D eigenvalue weighted by Gasteiger charge is 2.00. The van der Waals surface area contributed by atoms with Crippen molar-refractivity contribution >= 4 is 36.5 Å². The van der Waals surface area contributed by atoms with Gasteiger partial charge in [0, 0.05) is 22.3 Å². The van der Waals surface area contributed by atoms with E-state index in [9.17, 15) is 13.3 Å². The molecule has 0 aliphatic carbocycles. The third-order valence-corrected chi connectivity index (χ3v) is 2.69. The molecule has 17 heavy (non-hydrogen) atoms. The van der Waals surface area contributed by atoms with Crippen LogP contribution in [0.2, 0.25) is 0 Å². The predicted octanol–water partition coefficient (Wildman–Crippen LogP) is 2.03. The summed E-state index contributed by atoms with van der Waals surface area (Å²) >= 11 is -2.37. The number of benzene rings is 1. The average molecular weight is 269 g/mol. The molecule has 0 radical (unpaired) electrons. The maximum atomic E-state index is 10.5. The summed E-state index contributed by atoms with van der Waals surface area (Å²) in [6.45, 7) is 0. The van der Waals surface area contributed by atoms with E-state index in [2.05, 4.69) is 9.71 Å². The van der Waals surface area contributed by atoms with Crippen LogP contribution < -0.4 is 9.25 Å². The van der Waals surface area contributed by atoms with Gasteiger partial charge in [-0.05, 0) is 24.3 Å². The Bertz CT molecular complexity index is 592. The van der Waals surface area contributed by atoms with Crippen LogP contribution in [0.25, 0.3) is 10.9 Å². The normalized spacial score (nSPS) is 12.5. The summed E-state index contributed by atoms with van der Waals surface area (Å²) in [5.74, 6) is 0.342. The SMILES string of the molecule is O=POc1cnc2ccc(NS(=O)[O-])cc2c1. The van der Waals surface area contributed by atoms with Crippen LogP contribution >= 0.6 is 8.69 Å². The number of hydrogen-bond acceptors (Lipinski definition) is 5. The van der Waals surface area contributed by atoms with Gasteiger partial charge in [-0.1, -0.05) is 0 Å². The predicted molar refractivity (Wildman–Crippen MR) is 62.5 cm³/mol. The van der Waals surface area contributed by atoms with Gasteiger partial charge in [0.2, 0.25) is 0 Å². The second kappa shape index (κ2) is 5.18. The summed E-state index contributed by atoms with van der Waals surface area (Å²) in [6.07, 6.45) is 1.44. The molecule has 1 aromatic heterocycles. The molecule has 2 rings (SSSR count). The van der Waals surface area contributed by atoms with Crippen molar-refractivity contribution in [3.8, 4) is 5.75 Å². The van der Waals surface area contributed by atoms with Gasteiger partial charge in [0.15, 0.2) is 5.75 Å². The van der Waals surface area contributed by atoms with Crippen LogP contribution in [-0.2, 0) is 15.8 Å². The van der Waals surface area contributed by atoms with E-state index in [0.717, 1.165) is 0 Å². The van der Waals surface area contributed by atoms with Crippen LogP contribution in [0.1, 0.15) is 0 Å². The molecule has 8 heteroatoms. The second-order valence-corrected chi connectivity index (χ2v) is 4.09. The topological polar surface area (TPSA) is 91.3 Å². The first-order chi connectivity index (χ1) is 8.19. The van der Waals surface area contributed by atoms with E-state index in [-0.39, 0.29) is 0 Å². The number of aromatic nitrogens is 1. The fraction of sp³-hybridized carbons (Fsp3) is 0. The minimum atomic E-state index is -2.37. The molecule has 1 N–H and O–H groups in total. The summed E-state index contributed by atoms with van der Waals surface area (Å²) in [6, 6.07) is 6.49.